The van der Waals surface area contributed by atoms with E-state index >= 15 is 0 Å². The zero-order valence-electron chi connectivity index (χ0n) is 11.5. The van der Waals surface area contributed by atoms with Crippen LogP contribution in [0.5, 0.6) is 0 Å². The molecule has 0 aromatic carbocycles. The van der Waals surface area contributed by atoms with Gasteiger partial charge in [0.15, 0.2) is 0 Å². The number of primary sulfonamides is 1. The van der Waals surface area contributed by atoms with Crippen molar-refractivity contribution in [2.45, 2.75) is 4.90 Å². The average molecular weight is 305 g/mol. The molecule has 0 aliphatic carbocycles. The Hall–Kier alpha value is -1.42. The van der Waals surface area contributed by atoms with E-state index in [4.69, 9.17) is 14.6 Å². The van der Waals surface area contributed by atoms with Gasteiger partial charge in [-0.25, -0.2) is 13.6 Å². The molecule has 3 N–H and O–H groups in total. The lowest BCUT2D eigenvalue weighted by Gasteiger charge is -2.06. The minimum absolute atomic E-state index is 0.0958. The molecule has 0 aliphatic rings. The van der Waals surface area contributed by atoms with E-state index < -0.39 is 15.9 Å². The van der Waals surface area contributed by atoms with Crippen LogP contribution >= 0.6 is 0 Å². The fourth-order valence-electron chi connectivity index (χ4n) is 1.49. The van der Waals surface area contributed by atoms with E-state index in [-0.39, 0.29) is 10.6 Å². The van der Waals surface area contributed by atoms with Gasteiger partial charge >= 0.3 is 0 Å². The lowest BCUT2D eigenvalue weighted by Crippen LogP contribution is -2.29. The van der Waals surface area contributed by atoms with Crippen LogP contribution in [0, 0.1) is 0 Å². The second kappa shape index (κ2) is 7.39. The summed E-state index contributed by atoms with van der Waals surface area (Å²) < 4.78 is 33.8. The fourth-order valence-corrected chi connectivity index (χ4v) is 2.07. The van der Waals surface area contributed by atoms with Gasteiger partial charge in [0.2, 0.25) is 10.0 Å². The van der Waals surface area contributed by atoms with Gasteiger partial charge in [0.25, 0.3) is 5.91 Å². The van der Waals surface area contributed by atoms with E-state index in [9.17, 15) is 13.2 Å². The molecule has 0 fully saturated rings. The number of carbonyl (C=O) groups excluding carboxylic acids is 1. The number of carbonyl (C=O) groups is 1. The minimum atomic E-state index is -3.81. The number of methoxy groups -OCH3 is 1. The summed E-state index contributed by atoms with van der Waals surface area (Å²) in [7, 11) is -0.672. The first-order chi connectivity index (χ1) is 9.36. The molecule has 0 atom stereocenters. The molecule has 0 saturated carbocycles. The summed E-state index contributed by atoms with van der Waals surface area (Å²) in [4.78, 5) is 11.8. The first kappa shape index (κ1) is 16.6. The smallest absolute Gasteiger partial charge is 0.268 e. The zero-order chi connectivity index (χ0) is 15.2. The summed E-state index contributed by atoms with van der Waals surface area (Å²) in [6, 6.07) is 1.23. The summed E-state index contributed by atoms with van der Waals surface area (Å²) in [6.07, 6.45) is 1.29. The number of aromatic nitrogens is 1. The molecule has 1 aromatic rings. The second-order valence-electron chi connectivity index (χ2n) is 4.08. The maximum Gasteiger partial charge on any atom is 0.268 e. The SMILES string of the molecule is COCCOCCNC(=O)c1cc(S(N)(=O)=O)cn1C. The zero-order valence-corrected chi connectivity index (χ0v) is 12.3. The van der Waals surface area contributed by atoms with Crippen molar-refractivity contribution in [3.8, 4) is 0 Å². The van der Waals surface area contributed by atoms with Crippen LogP contribution in [0.25, 0.3) is 0 Å². The highest BCUT2D eigenvalue weighted by Gasteiger charge is 2.16. The van der Waals surface area contributed by atoms with E-state index in [1.807, 2.05) is 0 Å². The highest BCUT2D eigenvalue weighted by molar-refractivity contribution is 7.89. The Bertz CT molecular complexity index is 552. The molecule has 0 bridgehead atoms. The quantitative estimate of drug-likeness (QED) is 0.602. The maximum atomic E-state index is 11.8. The lowest BCUT2D eigenvalue weighted by molar-refractivity contribution is 0.0691. The highest BCUT2D eigenvalue weighted by Crippen LogP contribution is 2.11. The van der Waals surface area contributed by atoms with E-state index in [1.54, 1.807) is 14.2 Å². The molecule has 1 aromatic heterocycles. The summed E-state index contributed by atoms with van der Waals surface area (Å²) >= 11 is 0. The van der Waals surface area contributed by atoms with Crippen molar-refractivity contribution in [2.24, 2.45) is 12.2 Å². The number of sulfonamides is 1. The van der Waals surface area contributed by atoms with Gasteiger partial charge in [-0.05, 0) is 6.07 Å². The molecule has 0 unspecified atom stereocenters. The topological polar surface area (TPSA) is 113 Å². The maximum absolute atomic E-state index is 11.8. The Balaban J connectivity index is 2.50. The fraction of sp³-hybridized carbons (Fsp3) is 0.545. The van der Waals surface area contributed by atoms with Gasteiger partial charge in [0.05, 0.1) is 19.8 Å². The van der Waals surface area contributed by atoms with Crippen molar-refractivity contribution >= 4 is 15.9 Å². The molecule has 1 heterocycles. The summed E-state index contributed by atoms with van der Waals surface area (Å²) in [5, 5.41) is 7.62. The number of aryl methyl sites for hydroxylation is 1. The van der Waals surface area contributed by atoms with Gasteiger partial charge in [-0.2, -0.15) is 0 Å². The van der Waals surface area contributed by atoms with Crippen LogP contribution in [0.4, 0.5) is 0 Å². The van der Waals surface area contributed by atoms with Crippen molar-refractivity contribution in [1.29, 1.82) is 0 Å². The predicted octanol–water partition coefficient (Wildman–Crippen LogP) is -0.935. The standard InChI is InChI=1S/C11H19N3O5S/c1-14-8-9(20(12,16)17)7-10(14)11(15)13-3-4-19-6-5-18-2/h7-8H,3-6H2,1-2H3,(H,13,15)(H2,12,16,17). The first-order valence-electron chi connectivity index (χ1n) is 5.90. The van der Waals surface area contributed by atoms with E-state index in [0.717, 1.165) is 0 Å². The lowest BCUT2D eigenvalue weighted by atomic mass is 10.4. The van der Waals surface area contributed by atoms with Gasteiger partial charge < -0.3 is 19.4 Å². The third-order valence-corrected chi connectivity index (χ3v) is 3.39. The number of rotatable bonds is 8. The molecule has 0 radical (unpaired) electrons. The summed E-state index contributed by atoms with van der Waals surface area (Å²) in [5.74, 6) is -0.391. The first-order valence-corrected chi connectivity index (χ1v) is 7.45. The van der Waals surface area contributed by atoms with Crippen LogP contribution < -0.4 is 10.5 Å². The summed E-state index contributed by atoms with van der Waals surface area (Å²) in [5.41, 5.74) is 0.214. The average Bonchev–Trinajstić information content (AvgIpc) is 2.75. The number of nitrogens with two attached hydrogens (primary N) is 1. The molecule has 114 valence electrons. The normalized spacial score (nSPS) is 11.6. The second-order valence-corrected chi connectivity index (χ2v) is 5.64. The summed E-state index contributed by atoms with van der Waals surface area (Å²) in [6.45, 7) is 1.61. The van der Waals surface area contributed by atoms with Gasteiger partial charge in [-0.3, -0.25) is 4.79 Å². The van der Waals surface area contributed by atoms with Gasteiger partial charge in [0.1, 0.15) is 10.6 Å². The predicted molar refractivity (Wildman–Crippen MR) is 71.8 cm³/mol. The van der Waals surface area contributed by atoms with Crippen molar-refractivity contribution in [3.63, 3.8) is 0 Å². The molecule has 20 heavy (non-hydrogen) atoms. The van der Waals surface area contributed by atoms with Crippen molar-refractivity contribution in [2.75, 3.05) is 33.5 Å². The Kier molecular flexibility index (Phi) is 6.14. The van der Waals surface area contributed by atoms with E-state index in [1.165, 1.54) is 16.8 Å². The van der Waals surface area contributed by atoms with Crippen LogP contribution in [-0.4, -0.2) is 52.4 Å². The monoisotopic (exact) mass is 305 g/mol. The molecule has 0 aliphatic heterocycles. The van der Waals surface area contributed by atoms with Gasteiger partial charge in [0, 0.05) is 26.9 Å². The third-order valence-electron chi connectivity index (χ3n) is 2.50. The van der Waals surface area contributed by atoms with Crippen molar-refractivity contribution in [1.82, 2.24) is 9.88 Å². The van der Waals surface area contributed by atoms with Gasteiger partial charge in [-0.15, -0.1) is 0 Å². The molecule has 8 nitrogen and oxygen atoms in total. The highest BCUT2D eigenvalue weighted by atomic mass is 32.2. The molecule has 9 heteroatoms. The van der Waals surface area contributed by atoms with Crippen LogP contribution in [0.15, 0.2) is 17.2 Å². The molecule has 1 amide bonds. The molecule has 1 rings (SSSR count). The number of nitrogens with zero attached hydrogens (tertiary/aromatic N) is 1. The van der Waals surface area contributed by atoms with Crippen LogP contribution in [-0.2, 0) is 26.5 Å². The molecule has 0 spiro atoms. The Morgan fingerprint density at radius 1 is 1.40 bits per heavy atom. The number of hydrogen-bond acceptors (Lipinski definition) is 5. The number of amides is 1. The van der Waals surface area contributed by atoms with E-state index in [0.29, 0.717) is 26.4 Å². The molecular weight excluding hydrogens is 286 g/mol. The Labute approximate surface area is 117 Å². The number of nitrogens with one attached hydrogen (secondary N) is 1. The minimum Gasteiger partial charge on any atom is -0.382 e. The largest absolute Gasteiger partial charge is 0.382 e. The van der Waals surface area contributed by atoms with Crippen molar-refractivity contribution in [3.05, 3.63) is 18.0 Å². The van der Waals surface area contributed by atoms with Crippen LogP contribution in [0.3, 0.4) is 0 Å². The van der Waals surface area contributed by atoms with Crippen LogP contribution in [0.1, 0.15) is 10.5 Å². The van der Waals surface area contributed by atoms with Crippen LogP contribution in [0.2, 0.25) is 0 Å². The molecular formula is C11H19N3O5S. The Morgan fingerprint density at radius 2 is 2.10 bits per heavy atom. The molecule has 0 saturated heterocycles. The number of hydrogen-bond donors (Lipinski definition) is 2. The number of ether oxygens (including phenoxy) is 2. The van der Waals surface area contributed by atoms with Gasteiger partial charge in [-0.1, -0.05) is 0 Å². The third kappa shape index (κ3) is 4.93. The Morgan fingerprint density at radius 3 is 2.65 bits per heavy atom. The van der Waals surface area contributed by atoms with E-state index in [2.05, 4.69) is 5.32 Å². The van der Waals surface area contributed by atoms with Crippen molar-refractivity contribution < 1.29 is 22.7 Å².